The normalized spacial score (nSPS) is 9.62. The van der Waals surface area contributed by atoms with E-state index < -0.39 is 11.8 Å². The van der Waals surface area contributed by atoms with Gasteiger partial charge >= 0.3 is 5.97 Å². The predicted molar refractivity (Wildman–Crippen MR) is 62.4 cm³/mol. The Balaban J connectivity index is 3.54. The Morgan fingerprint density at radius 1 is 1.19 bits per heavy atom. The van der Waals surface area contributed by atoms with E-state index in [2.05, 4.69) is 22.7 Å². The van der Waals surface area contributed by atoms with Crippen molar-refractivity contribution in [3.8, 4) is 0 Å². The number of ketones is 1. The molecule has 6 heteroatoms. The molecule has 0 aromatic rings. The summed E-state index contributed by atoms with van der Waals surface area (Å²) in [6, 6.07) is 0. The van der Waals surface area contributed by atoms with E-state index in [1.165, 1.54) is 0 Å². The largest absolute Gasteiger partial charge is 0.463 e. The van der Waals surface area contributed by atoms with E-state index in [-0.39, 0.29) is 18.7 Å². The third-order valence-corrected chi connectivity index (χ3v) is 2.19. The number of rotatable bonds is 8. The number of carbonyl (C=O) groups excluding carboxylic acids is 3. The van der Waals surface area contributed by atoms with Crippen molar-refractivity contribution in [2.45, 2.75) is 25.7 Å². The van der Waals surface area contributed by atoms with Gasteiger partial charge in [-0.1, -0.05) is 0 Å². The lowest BCUT2D eigenvalue weighted by Gasteiger charge is -2.03. The number of nitrogens with one attached hydrogen (secondary N) is 1. The minimum Gasteiger partial charge on any atom is -0.463 e. The summed E-state index contributed by atoms with van der Waals surface area (Å²) in [6.07, 6.45) is 1.47. The molecule has 0 spiro atoms. The summed E-state index contributed by atoms with van der Waals surface area (Å²) >= 11 is 4.01. The van der Waals surface area contributed by atoms with Gasteiger partial charge in [-0.25, -0.2) is 4.79 Å². The monoisotopic (exact) mass is 247 g/mol. The number of thiol groups is 1. The molecule has 0 fully saturated rings. The summed E-state index contributed by atoms with van der Waals surface area (Å²) in [6.45, 7) is 0.591. The summed E-state index contributed by atoms with van der Waals surface area (Å²) in [5.74, 6) is -0.832. The van der Waals surface area contributed by atoms with E-state index in [4.69, 9.17) is 0 Å². The summed E-state index contributed by atoms with van der Waals surface area (Å²) < 4.78 is 4.25. The molecule has 0 unspecified atom stereocenters. The molecule has 0 aliphatic heterocycles. The fourth-order valence-corrected chi connectivity index (χ4v) is 1.18. The van der Waals surface area contributed by atoms with Crippen molar-refractivity contribution in [1.29, 1.82) is 0 Å². The van der Waals surface area contributed by atoms with Crippen LogP contribution >= 0.6 is 12.6 Å². The highest BCUT2D eigenvalue weighted by Crippen LogP contribution is 1.98. The fourth-order valence-electron chi connectivity index (χ4n) is 1.02. The highest BCUT2D eigenvalue weighted by molar-refractivity contribution is 7.80. The van der Waals surface area contributed by atoms with E-state index in [0.29, 0.717) is 13.0 Å². The molecule has 0 aliphatic rings. The maximum absolute atomic E-state index is 11.2. The van der Waals surface area contributed by atoms with Crippen LogP contribution in [0.2, 0.25) is 0 Å². The van der Waals surface area contributed by atoms with E-state index in [9.17, 15) is 14.4 Å². The van der Waals surface area contributed by atoms with Crippen LogP contribution < -0.4 is 5.32 Å². The molecule has 1 amide bonds. The van der Waals surface area contributed by atoms with Crippen molar-refractivity contribution in [3.63, 3.8) is 0 Å². The van der Waals surface area contributed by atoms with E-state index in [0.717, 1.165) is 19.3 Å². The van der Waals surface area contributed by atoms with Crippen molar-refractivity contribution >= 4 is 30.3 Å². The van der Waals surface area contributed by atoms with Crippen LogP contribution in [0.15, 0.2) is 0 Å². The Morgan fingerprint density at radius 2 is 1.88 bits per heavy atom. The Labute approximate surface area is 100 Å². The number of carbonyl (C=O) groups is 3. The fraction of sp³-hybridized carbons (Fsp3) is 0.700. The highest BCUT2D eigenvalue weighted by atomic mass is 32.1. The van der Waals surface area contributed by atoms with Crippen LogP contribution in [0, 0.1) is 0 Å². The van der Waals surface area contributed by atoms with Crippen molar-refractivity contribution < 1.29 is 19.1 Å². The number of ether oxygens (including phenoxy) is 1. The standard InChI is InChI=1S/C10H17NO4S/c1-15-10(14)8(12)4-2-5-9(13)11-6-3-7-16/h16H,2-7H2,1H3,(H,11,13). The second-order valence-electron chi connectivity index (χ2n) is 3.20. The average molecular weight is 247 g/mol. The molecule has 0 atom stereocenters. The number of Topliss-reactive ketones (excluding diaryl/α,β-unsaturated/α-hetero) is 1. The minimum absolute atomic E-state index is 0.0483. The quantitative estimate of drug-likeness (QED) is 0.281. The van der Waals surface area contributed by atoms with Gasteiger partial charge in [0, 0.05) is 19.4 Å². The first-order chi connectivity index (χ1) is 7.61. The van der Waals surface area contributed by atoms with Gasteiger partial charge in [0.05, 0.1) is 7.11 Å². The summed E-state index contributed by atoms with van der Waals surface area (Å²) in [7, 11) is 1.16. The van der Waals surface area contributed by atoms with Crippen LogP contribution in [0.25, 0.3) is 0 Å². The van der Waals surface area contributed by atoms with Crippen LogP contribution in [-0.2, 0) is 19.1 Å². The number of hydrogen-bond acceptors (Lipinski definition) is 5. The minimum atomic E-state index is -0.851. The molecular formula is C10H17NO4S. The smallest absolute Gasteiger partial charge is 0.374 e. The van der Waals surface area contributed by atoms with Gasteiger partial charge in [0.25, 0.3) is 0 Å². The van der Waals surface area contributed by atoms with Crippen LogP contribution in [0.1, 0.15) is 25.7 Å². The first-order valence-corrected chi connectivity index (χ1v) is 5.73. The maximum Gasteiger partial charge on any atom is 0.374 e. The second-order valence-corrected chi connectivity index (χ2v) is 3.64. The topological polar surface area (TPSA) is 72.5 Å². The molecule has 0 rings (SSSR count). The zero-order chi connectivity index (χ0) is 12.4. The SMILES string of the molecule is COC(=O)C(=O)CCCC(=O)NCCCS. The first-order valence-electron chi connectivity index (χ1n) is 5.10. The van der Waals surface area contributed by atoms with Gasteiger partial charge in [-0.2, -0.15) is 12.6 Å². The van der Waals surface area contributed by atoms with Gasteiger partial charge in [0.15, 0.2) is 0 Å². The third-order valence-electron chi connectivity index (χ3n) is 1.88. The van der Waals surface area contributed by atoms with Gasteiger partial charge in [-0.05, 0) is 18.6 Å². The Morgan fingerprint density at radius 3 is 2.44 bits per heavy atom. The zero-order valence-corrected chi connectivity index (χ0v) is 10.2. The van der Waals surface area contributed by atoms with Crippen molar-refractivity contribution in [1.82, 2.24) is 5.32 Å². The van der Waals surface area contributed by atoms with Crippen molar-refractivity contribution in [2.75, 3.05) is 19.4 Å². The van der Waals surface area contributed by atoms with Gasteiger partial charge in [0.2, 0.25) is 11.7 Å². The molecule has 0 heterocycles. The predicted octanol–water partition coefficient (Wildman–Crippen LogP) is 0.335. The highest BCUT2D eigenvalue weighted by Gasteiger charge is 2.13. The van der Waals surface area contributed by atoms with Crippen LogP contribution in [0.5, 0.6) is 0 Å². The second kappa shape index (κ2) is 9.21. The summed E-state index contributed by atoms with van der Waals surface area (Å²) in [5, 5.41) is 2.69. The Bertz CT molecular complexity index is 255. The summed E-state index contributed by atoms with van der Waals surface area (Å²) in [4.78, 5) is 32.9. The first kappa shape index (κ1) is 15.0. The molecule has 0 aliphatic carbocycles. The molecule has 1 N–H and O–H groups in total. The maximum atomic E-state index is 11.2. The van der Waals surface area contributed by atoms with Gasteiger partial charge in [0.1, 0.15) is 0 Å². The zero-order valence-electron chi connectivity index (χ0n) is 9.32. The van der Waals surface area contributed by atoms with Crippen molar-refractivity contribution in [2.24, 2.45) is 0 Å². The molecule has 16 heavy (non-hydrogen) atoms. The lowest BCUT2D eigenvalue weighted by molar-refractivity contribution is -0.151. The Kier molecular flexibility index (Phi) is 8.61. The van der Waals surface area contributed by atoms with Crippen LogP contribution in [-0.4, -0.2) is 37.1 Å². The van der Waals surface area contributed by atoms with Gasteiger partial charge in [-0.15, -0.1) is 0 Å². The number of amides is 1. The van der Waals surface area contributed by atoms with E-state index in [1.807, 2.05) is 0 Å². The van der Waals surface area contributed by atoms with Gasteiger partial charge < -0.3 is 10.1 Å². The molecular weight excluding hydrogens is 230 g/mol. The molecule has 0 radical (unpaired) electrons. The lowest BCUT2D eigenvalue weighted by atomic mass is 10.1. The van der Waals surface area contributed by atoms with Crippen LogP contribution in [0.3, 0.4) is 0 Å². The molecule has 0 aromatic carbocycles. The molecule has 0 saturated heterocycles. The molecule has 0 bridgehead atoms. The van der Waals surface area contributed by atoms with Gasteiger partial charge in [-0.3, -0.25) is 9.59 Å². The lowest BCUT2D eigenvalue weighted by Crippen LogP contribution is -2.24. The number of methoxy groups -OCH3 is 1. The van der Waals surface area contributed by atoms with Crippen molar-refractivity contribution in [3.05, 3.63) is 0 Å². The molecule has 0 saturated carbocycles. The molecule has 5 nitrogen and oxygen atoms in total. The number of esters is 1. The Hall–Kier alpha value is -1.04. The van der Waals surface area contributed by atoms with Crippen LogP contribution in [0.4, 0.5) is 0 Å². The third kappa shape index (κ3) is 7.28. The summed E-state index contributed by atoms with van der Waals surface area (Å²) in [5.41, 5.74) is 0. The van der Waals surface area contributed by atoms with E-state index in [1.54, 1.807) is 0 Å². The van der Waals surface area contributed by atoms with E-state index >= 15 is 0 Å². The molecule has 92 valence electrons. The number of hydrogen-bond donors (Lipinski definition) is 2. The molecule has 0 aromatic heterocycles. The average Bonchev–Trinajstić information content (AvgIpc) is 2.28.